The zero-order valence-corrected chi connectivity index (χ0v) is 18.0. The lowest BCUT2D eigenvalue weighted by molar-refractivity contribution is -0.142. The maximum Gasteiger partial charge on any atom is 0.306 e. The van der Waals surface area contributed by atoms with Crippen LogP contribution in [0.15, 0.2) is 41.8 Å². The Labute approximate surface area is 184 Å². The normalized spacial score (nSPS) is 19.5. The minimum Gasteiger partial charge on any atom is -0.481 e. The number of carboxylic acids is 1. The van der Waals surface area contributed by atoms with Crippen molar-refractivity contribution in [1.82, 2.24) is 5.32 Å². The second-order valence-electron chi connectivity index (χ2n) is 7.74. The number of carboxylic acid groups (broad SMARTS) is 1. The maximum atomic E-state index is 13.0. The fraction of sp³-hybridized carbons (Fsp3) is 0.364. The predicted octanol–water partition coefficient (Wildman–Crippen LogP) is 2.89. The number of rotatable bonds is 9. The Bertz CT molecular complexity index is 974. The topological polar surface area (TPSA) is 145 Å². The highest BCUT2D eigenvalue weighted by molar-refractivity contribution is 7.10. The van der Waals surface area contributed by atoms with E-state index in [1.807, 2.05) is 24.4 Å². The van der Waals surface area contributed by atoms with E-state index in [1.54, 1.807) is 24.3 Å². The molecule has 6 N–H and O–H groups in total. The quantitative estimate of drug-likeness (QED) is 0.299. The Hall–Kier alpha value is -3.20. The summed E-state index contributed by atoms with van der Waals surface area (Å²) in [5.41, 5.74) is 5.57. The number of thiophene rings is 1. The molecular formula is C22H26N4O4S. The Morgan fingerprint density at radius 2 is 1.81 bits per heavy atom. The monoisotopic (exact) mass is 442 g/mol. The second kappa shape index (κ2) is 9.30. The van der Waals surface area contributed by atoms with Crippen molar-refractivity contribution in [3.63, 3.8) is 0 Å². The molecule has 8 nitrogen and oxygen atoms in total. The fourth-order valence-corrected chi connectivity index (χ4v) is 4.77. The van der Waals surface area contributed by atoms with Crippen molar-refractivity contribution in [2.45, 2.75) is 38.1 Å². The van der Waals surface area contributed by atoms with Gasteiger partial charge in [0, 0.05) is 28.0 Å². The molecule has 0 radical (unpaired) electrons. The molecule has 3 unspecified atom stereocenters. The van der Waals surface area contributed by atoms with Gasteiger partial charge in [-0.3, -0.25) is 19.8 Å². The molecule has 0 aliphatic heterocycles. The molecule has 164 valence electrons. The van der Waals surface area contributed by atoms with Gasteiger partial charge in [0.1, 0.15) is 5.84 Å². The third-order valence-corrected chi connectivity index (χ3v) is 6.90. The molecule has 3 atom stereocenters. The third-order valence-electron chi connectivity index (χ3n) is 5.82. The summed E-state index contributed by atoms with van der Waals surface area (Å²) >= 11 is 1.41. The average Bonchev–Trinajstić information content (AvgIpc) is 3.21. The number of hydrogen-bond acceptors (Lipinski definition) is 5. The first-order valence-corrected chi connectivity index (χ1v) is 11.0. The number of nitrogens with two attached hydrogens (primary N) is 1. The van der Waals surface area contributed by atoms with Gasteiger partial charge in [-0.1, -0.05) is 13.0 Å². The number of aliphatic carboxylic acids is 1. The number of carbonyl (C=O) groups is 3. The van der Waals surface area contributed by atoms with Gasteiger partial charge in [-0.25, -0.2) is 0 Å². The number of benzene rings is 1. The third kappa shape index (κ3) is 4.93. The summed E-state index contributed by atoms with van der Waals surface area (Å²) in [6.07, 6.45) is 1.37. The van der Waals surface area contributed by atoms with Crippen LogP contribution in [0.1, 0.15) is 43.0 Å². The Morgan fingerprint density at radius 3 is 2.29 bits per heavy atom. The van der Waals surface area contributed by atoms with E-state index in [1.165, 1.54) is 11.3 Å². The summed E-state index contributed by atoms with van der Waals surface area (Å²) in [5, 5.41) is 24.5. The molecule has 0 spiro atoms. The minimum absolute atomic E-state index is 0.0555. The van der Waals surface area contributed by atoms with Crippen molar-refractivity contribution >= 4 is 40.6 Å². The van der Waals surface area contributed by atoms with Gasteiger partial charge in [0.2, 0.25) is 11.8 Å². The van der Waals surface area contributed by atoms with E-state index >= 15 is 0 Å². The molecule has 1 aromatic heterocycles. The second-order valence-corrected chi connectivity index (χ2v) is 8.69. The standard InChI is InChI=1S/C22H26N4O4S/c1-2-22(12-18(27)28,17-4-3-11-31-17)26-21(30)16-10-9-15(16)20(29)25-14-7-5-13(6-8-14)19(23)24/h3-8,11,15-16H,2,9-10,12H2,1H3,(H3,23,24)(H,25,29)(H,26,30)(H,27,28). The lowest BCUT2D eigenvalue weighted by Crippen LogP contribution is -2.53. The van der Waals surface area contributed by atoms with Gasteiger partial charge >= 0.3 is 5.97 Å². The molecule has 9 heteroatoms. The molecule has 2 amide bonds. The predicted molar refractivity (Wildman–Crippen MR) is 119 cm³/mol. The SMILES string of the molecule is CCC(CC(=O)O)(NC(=O)C1CCC1C(=O)Nc1ccc(C(=N)N)cc1)c1cccs1. The fourth-order valence-electron chi connectivity index (χ4n) is 3.81. The summed E-state index contributed by atoms with van der Waals surface area (Å²) in [5.74, 6) is -2.58. The van der Waals surface area contributed by atoms with Crippen molar-refractivity contribution in [1.29, 1.82) is 5.41 Å². The Kier molecular flexibility index (Phi) is 6.74. The highest BCUT2D eigenvalue weighted by Gasteiger charge is 2.45. The maximum absolute atomic E-state index is 13.0. The summed E-state index contributed by atoms with van der Waals surface area (Å²) in [6, 6.07) is 10.3. The van der Waals surface area contributed by atoms with Crippen LogP contribution in [-0.4, -0.2) is 28.7 Å². The molecule has 1 heterocycles. The first-order chi connectivity index (χ1) is 14.8. The number of amidine groups is 1. The van der Waals surface area contributed by atoms with E-state index in [0.29, 0.717) is 30.5 Å². The van der Waals surface area contributed by atoms with Gasteiger partial charge in [-0.15, -0.1) is 11.3 Å². The molecule has 0 saturated heterocycles. The Morgan fingerprint density at radius 1 is 1.16 bits per heavy atom. The molecule has 31 heavy (non-hydrogen) atoms. The van der Waals surface area contributed by atoms with Crippen LogP contribution in [0.25, 0.3) is 0 Å². The summed E-state index contributed by atoms with van der Waals surface area (Å²) < 4.78 is 0. The number of anilines is 1. The molecule has 3 rings (SSSR count). The van der Waals surface area contributed by atoms with Gasteiger partial charge in [-0.2, -0.15) is 0 Å². The van der Waals surface area contributed by atoms with Gasteiger partial charge in [0.05, 0.1) is 12.0 Å². The van der Waals surface area contributed by atoms with Crippen molar-refractivity contribution < 1.29 is 19.5 Å². The highest BCUT2D eigenvalue weighted by atomic mass is 32.1. The van der Waals surface area contributed by atoms with Gasteiger partial charge < -0.3 is 21.5 Å². The van der Waals surface area contributed by atoms with Crippen LogP contribution >= 0.6 is 11.3 Å². The van der Waals surface area contributed by atoms with Crippen LogP contribution in [0.2, 0.25) is 0 Å². The summed E-state index contributed by atoms with van der Waals surface area (Å²) in [6.45, 7) is 1.85. The van der Waals surface area contributed by atoms with Gasteiger partial charge in [0.15, 0.2) is 0 Å². The zero-order chi connectivity index (χ0) is 22.6. The first-order valence-electron chi connectivity index (χ1n) is 10.1. The van der Waals surface area contributed by atoms with E-state index in [0.717, 1.165) is 4.88 Å². The number of amides is 2. The van der Waals surface area contributed by atoms with Crippen molar-refractivity contribution in [3.05, 3.63) is 52.2 Å². The van der Waals surface area contributed by atoms with E-state index in [9.17, 15) is 19.5 Å². The van der Waals surface area contributed by atoms with Crippen LogP contribution in [0, 0.1) is 17.2 Å². The number of carbonyl (C=O) groups excluding carboxylic acids is 2. The molecule has 2 aromatic rings. The van der Waals surface area contributed by atoms with Gasteiger partial charge in [0.25, 0.3) is 0 Å². The Balaban J connectivity index is 1.69. The first kappa shape index (κ1) is 22.5. The van der Waals surface area contributed by atoms with E-state index < -0.39 is 23.3 Å². The zero-order valence-electron chi connectivity index (χ0n) is 17.2. The smallest absolute Gasteiger partial charge is 0.306 e. The van der Waals surface area contributed by atoms with Crippen molar-refractivity contribution in [2.24, 2.45) is 17.6 Å². The molecule has 1 aliphatic rings. The van der Waals surface area contributed by atoms with E-state index in [-0.39, 0.29) is 24.1 Å². The lowest BCUT2D eigenvalue weighted by Gasteiger charge is -2.39. The molecule has 0 bridgehead atoms. The molecule has 1 aromatic carbocycles. The number of hydrogen-bond donors (Lipinski definition) is 5. The van der Waals surface area contributed by atoms with Crippen LogP contribution in [0.4, 0.5) is 5.69 Å². The largest absolute Gasteiger partial charge is 0.481 e. The highest BCUT2D eigenvalue weighted by Crippen LogP contribution is 2.38. The number of nitrogen functional groups attached to an aromatic ring is 1. The van der Waals surface area contributed by atoms with Crippen LogP contribution < -0.4 is 16.4 Å². The van der Waals surface area contributed by atoms with Crippen LogP contribution in [0.5, 0.6) is 0 Å². The number of nitrogens with one attached hydrogen (secondary N) is 3. The van der Waals surface area contributed by atoms with Crippen molar-refractivity contribution in [2.75, 3.05) is 5.32 Å². The minimum atomic E-state index is -0.993. The van der Waals surface area contributed by atoms with Crippen LogP contribution in [-0.2, 0) is 19.9 Å². The van der Waals surface area contributed by atoms with Crippen LogP contribution in [0.3, 0.4) is 0 Å². The molecule has 1 aliphatic carbocycles. The van der Waals surface area contributed by atoms with E-state index in [4.69, 9.17) is 11.1 Å². The molecule has 1 saturated carbocycles. The molecular weight excluding hydrogens is 416 g/mol. The lowest BCUT2D eigenvalue weighted by atomic mass is 9.72. The summed E-state index contributed by atoms with van der Waals surface area (Å²) in [4.78, 5) is 38.1. The van der Waals surface area contributed by atoms with Gasteiger partial charge in [-0.05, 0) is 55.0 Å². The van der Waals surface area contributed by atoms with E-state index in [2.05, 4.69) is 10.6 Å². The average molecular weight is 443 g/mol. The molecule has 1 fully saturated rings. The summed E-state index contributed by atoms with van der Waals surface area (Å²) in [7, 11) is 0. The van der Waals surface area contributed by atoms with Crippen molar-refractivity contribution in [3.8, 4) is 0 Å².